The molecular weight excluding hydrogens is 316 g/mol. The summed E-state index contributed by atoms with van der Waals surface area (Å²) in [6.45, 7) is 0. The van der Waals surface area contributed by atoms with Crippen molar-refractivity contribution in [1.82, 2.24) is 19.8 Å². The molecule has 24 heavy (non-hydrogen) atoms. The first-order valence-electron chi connectivity index (χ1n) is 8.86. The summed E-state index contributed by atoms with van der Waals surface area (Å²) in [6, 6.07) is 11.4. The van der Waals surface area contributed by atoms with E-state index in [2.05, 4.69) is 51.2 Å². The summed E-state index contributed by atoms with van der Waals surface area (Å²) in [4.78, 5) is 6.76. The number of nitrogens with zero attached hydrogens (tertiary/aromatic N) is 3. The molecule has 5 heteroatoms. The topological polar surface area (TPSA) is 33.1 Å². The summed E-state index contributed by atoms with van der Waals surface area (Å²) in [5.74, 6) is 0. The van der Waals surface area contributed by atoms with Crippen molar-refractivity contribution in [3.63, 3.8) is 0 Å². The summed E-state index contributed by atoms with van der Waals surface area (Å²) in [5.41, 5.74) is 2.39. The van der Waals surface area contributed by atoms with Crippen LogP contribution in [0.2, 0.25) is 0 Å². The van der Waals surface area contributed by atoms with Crippen LogP contribution in [0, 0.1) is 0 Å². The normalized spacial score (nSPS) is 25.0. The molecule has 2 aromatic heterocycles. The van der Waals surface area contributed by atoms with E-state index in [0.29, 0.717) is 6.04 Å². The number of pyridine rings is 1. The van der Waals surface area contributed by atoms with E-state index in [9.17, 15) is 0 Å². The van der Waals surface area contributed by atoms with Crippen LogP contribution in [-0.2, 0) is 0 Å². The second-order valence-electron chi connectivity index (χ2n) is 6.87. The minimum Gasteiger partial charge on any atom is -0.352 e. The first-order chi connectivity index (χ1) is 11.8. The Bertz CT molecular complexity index is 705. The van der Waals surface area contributed by atoms with Crippen molar-refractivity contribution >= 4 is 17.3 Å². The smallest absolute Gasteiger partial charge is 0.169 e. The molecule has 3 heterocycles. The average Bonchev–Trinajstić information content (AvgIpc) is 3.22. The van der Waals surface area contributed by atoms with E-state index in [1.54, 1.807) is 0 Å². The zero-order chi connectivity index (χ0) is 16.5. The molecule has 0 bridgehead atoms. The highest BCUT2D eigenvalue weighted by Crippen LogP contribution is 2.40. The zero-order valence-corrected chi connectivity index (χ0v) is 14.9. The average molecular weight is 340 g/mol. The molecule has 2 fully saturated rings. The van der Waals surface area contributed by atoms with Gasteiger partial charge in [-0.25, -0.2) is 0 Å². The molecule has 1 aliphatic heterocycles. The lowest BCUT2D eigenvalue weighted by Crippen LogP contribution is -2.27. The van der Waals surface area contributed by atoms with Crippen LogP contribution in [0.25, 0.3) is 0 Å². The van der Waals surface area contributed by atoms with Gasteiger partial charge in [0.05, 0.1) is 17.8 Å². The van der Waals surface area contributed by atoms with Crippen molar-refractivity contribution in [1.29, 1.82) is 0 Å². The number of aromatic nitrogens is 2. The van der Waals surface area contributed by atoms with E-state index in [1.807, 2.05) is 18.3 Å². The maximum Gasteiger partial charge on any atom is 0.169 e. The van der Waals surface area contributed by atoms with E-state index >= 15 is 0 Å². The predicted molar refractivity (Wildman–Crippen MR) is 99.8 cm³/mol. The van der Waals surface area contributed by atoms with E-state index in [-0.39, 0.29) is 12.1 Å². The molecular formula is C19H24N4S. The van der Waals surface area contributed by atoms with Gasteiger partial charge in [-0.2, -0.15) is 0 Å². The van der Waals surface area contributed by atoms with Gasteiger partial charge in [0.25, 0.3) is 0 Å². The molecule has 1 N–H and O–H groups in total. The Hall–Kier alpha value is -1.88. The maximum atomic E-state index is 5.55. The standard InChI is InChI=1S/C19H24N4S/c1-22-18(17(21-19(22)24)15-10-5-6-12-20-15)16-11-7-13-23(16)14-8-3-2-4-9-14/h5-7,10-14,17-18H,2-4,8-9H2,1H3,(H,21,24)/t17-,18-/m1/s1. The Morgan fingerprint density at radius 3 is 2.71 bits per heavy atom. The largest absolute Gasteiger partial charge is 0.352 e. The monoisotopic (exact) mass is 340 g/mol. The number of rotatable bonds is 3. The van der Waals surface area contributed by atoms with Crippen LogP contribution in [0.5, 0.6) is 0 Å². The molecule has 1 aliphatic carbocycles. The van der Waals surface area contributed by atoms with Crippen molar-refractivity contribution in [2.75, 3.05) is 7.05 Å². The SMILES string of the molecule is CN1C(=S)N[C@H](c2ccccn2)[C@H]1c1cccn1C1CCCCC1. The fourth-order valence-electron chi connectivity index (χ4n) is 4.18. The van der Waals surface area contributed by atoms with Crippen LogP contribution in [0.4, 0.5) is 0 Å². The molecule has 1 saturated carbocycles. The van der Waals surface area contributed by atoms with E-state index < -0.39 is 0 Å². The van der Waals surface area contributed by atoms with Crippen molar-refractivity contribution < 1.29 is 0 Å². The minimum atomic E-state index is 0.0981. The van der Waals surface area contributed by atoms with Gasteiger partial charge in [-0.1, -0.05) is 25.3 Å². The number of thiocarbonyl (C=S) groups is 1. The van der Waals surface area contributed by atoms with Gasteiger partial charge in [0.1, 0.15) is 0 Å². The van der Waals surface area contributed by atoms with Gasteiger partial charge in [0, 0.05) is 31.2 Å². The Morgan fingerprint density at radius 1 is 1.12 bits per heavy atom. The highest BCUT2D eigenvalue weighted by atomic mass is 32.1. The lowest BCUT2D eigenvalue weighted by atomic mass is 9.94. The molecule has 0 amide bonds. The molecule has 126 valence electrons. The summed E-state index contributed by atoms with van der Waals surface area (Å²) in [6.07, 6.45) is 10.7. The van der Waals surface area contributed by atoms with Gasteiger partial charge in [0.15, 0.2) is 5.11 Å². The van der Waals surface area contributed by atoms with Gasteiger partial charge in [0.2, 0.25) is 0 Å². The van der Waals surface area contributed by atoms with Gasteiger partial charge < -0.3 is 14.8 Å². The Balaban J connectivity index is 1.71. The van der Waals surface area contributed by atoms with Crippen LogP contribution in [0.3, 0.4) is 0 Å². The first kappa shape index (κ1) is 15.6. The van der Waals surface area contributed by atoms with E-state index in [0.717, 1.165) is 10.8 Å². The van der Waals surface area contributed by atoms with Gasteiger partial charge in [-0.05, 0) is 49.3 Å². The fraction of sp³-hybridized carbons (Fsp3) is 0.474. The number of hydrogen-bond acceptors (Lipinski definition) is 2. The van der Waals surface area contributed by atoms with Crippen LogP contribution >= 0.6 is 12.2 Å². The van der Waals surface area contributed by atoms with Crippen molar-refractivity contribution in [3.05, 3.63) is 54.1 Å². The van der Waals surface area contributed by atoms with E-state index in [1.165, 1.54) is 37.8 Å². The summed E-state index contributed by atoms with van der Waals surface area (Å²) >= 11 is 5.55. The number of likely N-dealkylation sites (N-methyl/N-ethyl adjacent to an activating group) is 1. The zero-order valence-electron chi connectivity index (χ0n) is 14.1. The van der Waals surface area contributed by atoms with E-state index in [4.69, 9.17) is 12.2 Å². The maximum absolute atomic E-state index is 5.55. The molecule has 2 aromatic rings. The van der Waals surface area contributed by atoms with Crippen molar-refractivity contribution in [2.24, 2.45) is 0 Å². The Morgan fingerprint density at radius 2 is 1.96 bits per heavy atom. The first-order valence-corrected chi connectivity index (χ1v) is 9.27. The third kappa shape index (κ3) is 2.71. The lowest BCUT2D eigenvalue weighted by Gasteiger charge is -2.30. The molecule has 0 unspecified atom stereocenters. The van der Waals surface area contributed by atoms with Crippen LogP contribution in [0.1, 0.15) is 61.6 Å². The molecule has 1 saturated heterocycles. The number of nitrogens with one attached hydrogen (secondary N) is 1. The summed E-state index contributed by atoms with van der Waals surface area (Å²) in [7, 11) is 2.08. The molecule has 2 atom stereocenters. The summed E-state index contributed by atoms with van der Waals surface area (Å²) in [5, 5.41) is 4.27. The van der Waals surface area contributed by atoms with Gasteiger partial charge >= 0.3 is 0 Å². The van der Waals surface area contributed by atoms with Gasteiger partial charge in [-0.3, -0.25) is 4.98 Å². The Kier molecular flexibility index (Phi) is 4.27. The third-order valence-corrected chi connectivity index (χ3v) is 5.83. The van der Waals surface area contributed by atoms with Crippen LogP contribution in [-0.4, -0.2) is 26.6 Å². The second-order valence-corrected chi connectivity index (χ2v) is 7.26. The molecule has 0 spiro atoms. The van der Waals surface area contributed by atoms with Crippen molar-refractivity contribution in [2.45, 2.75) is 50.2 Å². The number of hydrogen-bond donors (Lipinski definition) is 1. The van der Waals surface area contributed by atoms with Crippen molar-refractivity contribution in [3.8, 4) is 0 Å². The third-order valence-electron chi connectivity index (χ3n) is 5.42. The minimum absolute atomic E-state index is 0.0981. The Labute approximate surface area is 148 Å². The molecule has 4 rings (SSSR count). The summed E-state index contributed by atoms with van der Waals surface area (Å²) < 4.78 is 2.49. The second kappa shape index (κ2) is 6.55. The predicted octanol–water partition coefficient (Wildman–Crippen LogP) is 3.99. The highest BCUT2D eigenvalue weighted by Gasteiger charge is 2.39. The molecule has 0 radical (unpaired) electrons. The van der Waals surface area contributed by atoms with Gasteiger partial charge in [-0.15, -0.1) is 0 Å². The fourth-order valence-corrected chi connectivity index (χ4v) is 4.42. The molecule has 2 aliphatic rings. The van der Waals surface area contributed by atoms with Crippen LogP contribution < -0.4 is 5.32 Å². The van der Waals surface area contributed by atoms with Crippen LogP contribution in [0.15, 0.2) is 42.7 Å². The lowest BCUT2D eigenvalue weighted by molar-refractivity contribution is 0.304. The molecule has 4 nitrogen and oxygen atoms in total. The molecule has 0 aromatic carbocycles. The quantitative estimate of drug-likeness (QED) is 0.857. The highest BCUT2D eigenvalue weighted by molar-refractivity contribution is 7.80.